The van der Waals surface area contributed by atoms with Crippen LogP contribution in [-0.4, -0.2) is 60.5 Å². The summed E-state index contributed by atoms with van der Waals surface area (Å²) in [6.07, 6.45) is 6.31. The summed E-state index contributed by atoms with van der Waals surface area (Å²) in [5.41, 5.74) is 3.85. The second-order valence-corrected chi connectivity index (χ2v) is 9.39. The first kappa shape index (κ1) is 25.9. The number of amides is 1. The predicted octanol–water partition coefficient (Wildman–Crippen LogP) is 5.44. The predicted molar refractivity (Wildman–Crippen MR) is 150 cm³/mol. The topological polar surface area (TPSA) is 82.2 Å². The monoisotopic (exact) mass is 524 g/mol. The Hall–Kier alpha value is -3.13. The fourth-order valence-electron chi connectivity index (χ4n) is 4.20. The molecule has 0 saturated carbocycles. The first-order chi connectivity index (χ1) is 17.6. The summed E-state index contributed by atoms with van der Waals surface area (Å²) in [6, 6.07) is 15.5. The summed E-state index contributed by atoms with van der Waals surface area (Å²) < 4.78 is 0. The number of halogens is 2. The van der Waals surface area contributed by atoms with E-state index in [0.29, 0.717) is 16.6 Å². The lowest BCUT2D eigenvalue weighted by molar-refractivity contribution is -0.109. The minimum Gasteiger partial charge on any atom is -0.383 e. The van der Waals surface area contributed by atoms with E-state index in [1.54, 1.807) is 12.4 Å². The van der Waals surface area contributed by atoms with Crippen LogP contribution in [0.3, 0.4) is 0 Å². The van der Waals surface area contributed by atoms with Crippen molar-refractivity contribution in [3.8, 4) is 0 Å². The van der Waals surface area contributed by atoms with E-state index in [2.05, 4.69) is 30.8 Å². The lowest BCUT2D eigenvalue weighted by Crippen LogP contribution is -2.34. The van der Waals surface area contributed by atoms with Crippen LogP contribution >= 0.6 is 23.2 Å². The number of aromatic nitrogens is 2. The van der Waals surface area contributed by atoms with E-state index < -0.39 is 0 Å². The van der Waals surface area contributed by atoms with Gasteiger partial charge in [-0.1, -0.05) is 23.2 Å². The molecule has 2 heterocycles. The van der Waals surface area contributed by atoms with Crippen molar-refractivity contribution in [1.29, 1.82) is 0 Å². The van der Waals surface area contributed by atoms with Crippen molar-refractivity contribution in [2.75, 3.05) is 49.9 Å². The van der Waals surface area contributed by atoms with E-state index in [1.165, 1.54) is 0 Å². The highest BCUT2D eigenvalue weighted by Gasteiger charge is 2.08. The molecule has 9 heteroatoms. The molecule has 4 rings (SSSR count). The second kappa shape index (κ2) is 13.3. The van der Waals surface area contributed by atoms with Crippen LogP contribution in [0.1, 0.15) is 12.8 Å². The van der Waals surface area contributed by atoms with E-state index in [0.717, 1.165) is 85.2 Å². The van der Waals surface area contributed by atoms with Crippen LogP contribution in [0.2, 0.25) is 10.0 Å². The molecule has 2 aromatic carbocycles. The van der Waals surface area contributed by atoms with Gasteiger partial charge in [-0.15, -0.1) is 0 Å². The summed E-state index contributed by atoms with van der Waals surface area (Å²) in [6.45, 7) is 5.00. The Bertz CT molecular complexity index is 1210. The zero-order valence-electron chi connectivity index (χ0n) is 20.0. The number of anilines is 2. The second-order valence-electron chi connectivity index (χ2n) is 8.51. The first-order valence-electron chi connectivity index (χ1n) is 12.1. The van der Waals surface area contributed by atoms with Gasteiger partial charge in [0.1, 0.15) is 0 Å². The molecule has 1 amide bonds. The van der Waals surface area contributed by atoms with Crippen molar-refractivity contribution in [2.24, 2.45) is 0 Å². The third kappa shape index (κ3) is 7.20. The van der Waals surface area contributed by atoms with E-state index in [-0.39, 0.29) is 0 Å². The summed E-state index contributed by atoms with van der Waals surface area (Å²) in [5, 5.41) is 13.3. The van der Waals surface area contributed by atoms with E-state index in [4.69, 9.17) is 23.2 Å². The lowest BCUT2D eigenvalue weighted by Gasteiger charge is -2.23. The molecule has 0 aliphatic carbocycles. The average Bonchev–Trinajstić information content (AvgIpc) is 2.88. The summed E-state index contributed by atoms with van der Waals surface area (Å²) in [7, 11) is 0. The largest absolute Gasteiger partial charge is 0.383 e. The van der Waals surface area contributed by atoms with Crippen LogP contribution in [0.5, 0.6) is 0 Å². The Kier molecular flexibility index (Phi) is 9.55. The van der Waals surface area contributed by atoms with Gasteiger partial charge in [0.15, 0.2) is 0 Å². The number of benzene rings is 2. The molecule has 4 aromatic rings. The SMILES string of the molecule is O=CNCCCCN(CCNc1ccnc2cc(Cl)ccc12)CCNc1ccnc2cc(Cl)ccc12. The fraction of sp³-hybridized carbons (Fsp3) is 0.296. The summed E-state index contributed by atoms with van der Waals surface area (Å²) >= 11 is 12.2. The standard InChI is InChI=1S/C27H30Cl2N6O/c28-20-3-5-22-24(7-10-31-26(22)17-20)33-12-15-35(14-2-1-9-30-19-36)16-13-34-25-8-11-32-27-18-21(29)4-6-23(25)27/h3-8,10-11,17-19H,1-2,9,12-16H2,(H,30,36)(H,31,33)(H,32,34). The smallest absolute Gasteiger partial charge is 0.207 e. The molecule has 7 nitrogen and oxygen atoms in total. The summed E-state index contributed by atoms with van der Waals surface area (Å²) in [4.78, 5) is 21.8. The molecule has 2 aromatic heterocycles. The maximum Gasteiger partial charge on any atom is 0.207 e. The fourth-order valence-corrected chi connectivity index (χ4v) is 4.54. The molecule has 36 heavy (non-hydrogen) atoms. The molecular formula is C27H30Cl2N6O. The Morgan fingerprint density at radius 1 is 0.722 bits per heavy atom. The molecule has 3 N–H and O–H groups in total. The molecule has 0 radical (unpaired) electrons. The third-order valence-electron chi connectivity index (χ3n) is 6.03. The van der Waals surface area contributed by atoms with Crippen LogP contribution < -0.4 is 16.0 Å². The van der Waals surface area contributed by atoms with Crippen molar-refractivity contribution in [2.45, 2.75) is 12.8 Å². The molecule has 0 saturated heterocycles. The first-order valence-corrected chi connectivity index (χ1v) is 12.9. The van der Waals surface area contributed by atoms with Gasteiger partial charge in [-0.3, -0.25) is 19.7 Å². The van der Waals surface area contributed by atoms with Crippen molar-refractivity contribution < 1.29 is 4.79 Å². The number of hydrogen-bond acceptors (Lipinski definition) is 6. The molecule has 0 fully saturated rings. The van der Waals surface area contributed by atoms with Crippen molar-refractivity contribution >= 4 is 62.8 Å². The number of rotatable bonds is 14. The number of pyridine rings is 2. The van der Waals surface area contributed by atoms with Gasteiger partial charge in [0.25, 0.3) is 0 Å². The van der Waals surface area contributed by atoms with Crippen LogP contribution in [0.15, 0.2) is 60.9 Å². The number of fused-ring (bicyclic) bond motifs is 2. The average molecular weight is 525 g/mol. The van der Waals surface area contributed by atoms with E-state index in [9.17, 15) is 4.79 Å². The maximum absolute atomic E-state index is 10.5. The zero-order chi connectivity index (χ0) is 25.2. The number of carbonyl (C=O) groups is 1. The van der Waals surface area contributed by atoms with Crippen molar-refractivity contribution in [3.63, 3.8) is 0 Å². The number of nitrogens with one attached hydrogen (secondary N) is 3. The molecule has 0 aliphatic heterocycles. The molecule has 188 valence electrons. The molecular weight excluding hydrogens is 495 g/mol. The van der Waals surface area contributed by atoms with Gasteiger partial charge in [-0.2, -0.15) is 0 Å². The van der Waals surface area contributed by atoms with Gasteiger partial charge >= 0.3 is 0 Å². The van der Waals surface area contributed by atoms with Gasteiger partial charge < -0.3 is 16.0 Å². The van der Waals surface area contributed by atoms with Crippen LogP contribution in [0.4, 0.5) is 11.4 Å². The number of unbranched alkanes of at least 4 members (excludes halogenated alkanes) is 1. The Morgan fingerprint density at radius 2 is 1.28 bits per heavy atom. The van der Waals surface area contributed by atoms with Crippen LogP contribution in [0.25, 0.3) is 21.8 Å². The van der Waals surface area contributed by atoms with E-state index in [1.807, 2.05) is 48.5 Å². The van der Waals surface area contributed by atoms with Crippen LogP contribution in [-0.2, 0) is 4.79 Å². The third-order valence-corrected chi connectivity index (χ3v) is 6.50. The normalized spacial score (nSPS) is 11.2. The number of hydrogen-bond donors (Lipinski definition) is 3. The van der Waals surface area contributed by atoms with Gasteiger partial charge in [0, 0.05) is 77.3 Å². The van der Waals surface area contributed by atoms with Crippen LogP contribution in [0, 0.1) is 0 Å². The molecule has 0 bridgehead atoms. The number of nitrogens with zero attached hydrogens (tertiary/aromatic N) is 3. The van der Waals surface area contributed by atoms with Gasteiger partial charge in [0.2, 0.25) is 6.41 Å². The lowest BCUT2D eigenvalue weighted by atomic mass is 10.2. The van der Waals surface area contributed by atoms with Gasteiger partial charge in [-0.25, -0.2) is 0 Å². The molecule has 0 spiro atoms. The van der Waals surface area contributed by atoms with E-state index >= 15 is 0 Å². The molecule has 0 unspecified atom stereocenters. The Labute approximate surface area is 221 Å². The molecule has 0 atom stereocenters. The minimum absolute atomic E-state index is 0.681. The Balaban J connectivity index is 1.34. The quantitative estimate of drug-likeness (QED) is 0.150. The highest BCUT2D eigenvalue weighted by molar-refractivity contribution is 6.31. The summed E-state index contributed by atoms with van der Waals surface area (Å²) in [5.74, 6) is 0. The van der Waals surface area contributed by atoms with Gasteiger partial charge in [0.05, 0.1) is 11.0 Å². The highest BCUT2D eigenvalue weighted by atomic mass is 35.5. The molecule has 0 aliphatic rings. The van der Waals surface area contributed by atoms with Crippen molar-refractivity contribution in [1.82, 2.24) is 20.2 Å². The highest BCUT2D eigenvalue weighted by Crippen LogP contribution is 2.25. The Morgan fingerprint density at radius 3 is 1.81 bits per heavy atom. The minimum atomic E-state index is 0.681. The zero-order valence-corrected chi connectivity index (χ0v) is 21.5. The van der Waals surface area contributed by atoms with Crippen molar-refractivity contribution in [3.05, 3.63) is 71.0 Å². The maximum atomic E-state index is 10.5. The van der Waals surface area contributed by atoms with Gasteiger partial charge in [-0.05, 0) is 67.9 Å². The number of carbonyl (C=O) groups excluding carboxylic acids is 1.